The molecule has 0 bridgehead atoms. The van der Waals surface area contributed by atoms with Crippen LogP contribution < -0.4 is 4.72 Å². The highest BCUT2D eigenvalue weighted by Gasteiger charge is 2.19. The Hall–Kier alpha value is -0.820. The fourth-order valence-electron chi connectivity index (χ4n) is 1.47. The van der Waals surface area contributed by atoms with E-state index in [0.29, 0.717) is 4.47 Å². The number of benzene rings is 2. The first kappa shape index (κ1) is 15.6. The van der Waals surface area contributed by atoms with Gasteiger partial charge in [0.05, 0.1) is 10.7 Å². The maximum absolute atomic E-state index is 13.6. The molecule has 0 aliphatic heterocycles. The Morgan fingerprint density at radius 1 is 1.10 bits per heavy atom. The number of nitrogens with one attached hydrogen (secondary N) is 1. The Bertz CT molecular complexity index is 768. The lowest BCUT2D eigenvalue weighted by atomic mass is 10.3. The van der Waals surface area contributed by atoms with Crippen LogP contribution in [0.4, 0.5) is 10.1 Å². The number of anilines is 1. The number of sulfonamides is 1. The van der Waals surface area contributed by atoms with E-state index in [1.54, 1.807) is 0 Å². The van der Waals surface area contributed by atoms with E-state index in [4.69, 9.17) is 23.2 Å². The summed E-state index contributed by atoms with van der Waals surface area (Å²) in [5, 5.41) is 0.236. The zero-order valence-electron chi connectivity index (χ0n) is 9.70. The summed E-state index contributed by atoms with van der Waals surface area (Å²) in [6, 6.07) is 7.85. The topological polar surface area (TPSA) is 46.2 Å². The van der Waals surface area contributed by atoms with Gasteiger partial charge in [0.25, 0.3) is 10.0 Å². The quantitative estimate of drug-likeness (QED) is 0.814. The van der Waals surface area contributed by atoms with E-state index in [1.165, 1.54) is 30.3 Å². The Morgan fingerprint density at radius 2 is 1.80 bits per heavy atom. The van der Waals surface area contributed by atoms with Crippen molar-refractivity contribution in [2.75, 3.05) is 4.72 Å². The van der Waals surface area contributed by atoms with Gasteiger partial charge in [0, 0.05) is 9.50 Å². The van der Waals surface area contributed by atoms with Gasteiger partial charge in [0.2, 0.25) is 0 Å². The van der Waals surface area contributed by atoms with Gasteiger partial charge in [-0.15, -0.1) is 0 Å². The molecule has 2 aromatic carbocycles. The van der Waals surface area contributed by atoms with E-state index in [-0.39, 0.29) is 20.6 Å². The highest BCUT2D eigenvalue weighted by atomic mass is 79.9. The van der Waals surface area contributed by atoms with Gasteiger partial charge in [0.15, 0.2) is 0 Å². The van der Waals surface area contributed by atoms with E-state index < -0.39 is 15.8 Å². The largest absolute Gasteiger partial charge is 0.277 e. The van der Waals surface area contributed by atoms with Crippen molar-refractivity contribution in [2.24, 2.45) is 0 Å². The SMILES string of the molecule is O=S(=O)(Nc1cc(Cl)ccc1F)c1ccc(Br)cc1Cl. The average Bonchev–Trinajstić information content (AvgIpc) is 2.33. The second-order valence-electron chi connectivity index (χ2n) is 3.80. The van der Waals surface area contributed by atoms with Crippen molar-refractivity contribution < 1.29 is 12.8 Å². The third-order valence-electron chi connectivity index (χ3n) is 2.36. The third kappa shape index (κ3) is 3.44. The maximum Gasteiger partial charge on any atom is 0.263 e. The molecule has 0 aliphatic carbocycles. The minimum Gasteiger partial charge on any atom is -0.277 e. The molecule has 0 saturated carbocycles. The number of rotatable bonds is 3. The maximum atomic E-state index is 13.6. The molecule has 0 radical (unpaired) electrons. The number of halogens is 4. The molecule has 3 nitrogen and oxygen atoms in total. The lowest BCUT2D eigenvalue weighted by molar-refractivity contribution is 0.598. The average molecular weight is 399 g/mol. The monoisotopic (exact) mass is 397 g/mol. The van der Waals surface area contributed by atoms with Crippen molar-refractivity contribution in [1.29, 1.82) is 0 Å². The van der Waals surface area contributed by atoms with Crippen molar-refractivity contribution in [1.82, 2.24) is 0 Å². The Morgan fingerprint density at radius 3 is 2.45 bits per heavy atom. The fraction of sp³-hybridized carbons (Fsp3) is 0. The molecule has 0 saturated heterocycles. The van der Waals surface area contributed by atoms with Gasteiger partial charge in [-0.3, -0.25) is 4.72 Å². The van der Waals surface area contributed by atoms with Crippen LogP contribution in [0.15, 0.2) is 45.8 Å². The predicted octanol–water partition coefficient (Wildman–Crippen LogP) is 4.70. The molecule has 8 heteroatoms. The molecule has 0 atom stereocenters. The molecule has 20 heavy (non-hydrogen) atoms. The Balaban J connectivity index is 2.43. The molecule has 2 rings (SSSR count). The van der Waals surface area contributed by atoms with Crippen molar-refractivity contribution >= 4 is 54.8 Å². The van der Waals surface area contributed by atoms with E-state index in [2.05, 4.69) is 20.7 Å². The first-order chi connectivity index (χ1) is 9.29. The van der Waals surface area contributed by atoms with Gasteiger partial charge in [-0.2, -0.15) is 0 Å². The molecule has 2 aromatic rings. The van der Waals surface area contributed by atoms with Crippen molar-refractivity contribution in [3.8, 4) is 0 Å². The van der Waals surface area contributed by atoms with Crippen LogP contribution in [-0.4, -0.2) is 8.42 Å². The van der Waals surface area contributed by atoms with Gasteiger partial charge in [-0.1, -0.05) is 39.1 Å². The smallest absolute Gasteiger partial charge is 0.263 e. The van der Waals surface area contributed by atoms with Crippen LogP contribution in [-0.2, 0) is 10.0 Å². The van der Waals surface area contributed by atoms with Crippen LogP contribution >= 0.6 is 39.1 Å². The van der Waals surface area contributed by atoms with Crippen LogP contribution in [0.5, 0.6) is 0 Å². The zero-order chi connectivity index (χ0) is 14.9. The summed E-state index contributed by atoms with van der Waals surface area (Å²) in [6.45, 7) is 0. The van der Waals surface area contributed by atoms with E-state index >= 15 is 0 Å². The molecular formula is C12H7BrCl2FNO2S. The van der Waals surface area contributed by atoms with E-state index in [9.17, 15) is 12.8 Å². The highest BCUT2D eigenvalue weighted by Crippen LogP contribution is 2.28. The van der Waals surface area contributed by atoms with Crippen molar-refractivity contribution in [3.63, 3.8) is 0 Å². The molecule has 0 aliphatic rings. The molecule has 0 spiro atoms. The summed E-state index contributed by atoms with van der Waals surface area (Å²) < 4.78 is 40.7. The molecule has 0 aromatic heterocycles. The van der Waals surface area contributed by atoms with Gasteiger partial charge in [0.1, 0.15) is 10.7 Å². The zero-order valence-corrected chi connectivity index (χ0v) is 13.6. The molecule has 1 N–H and O–H groups in total. The molecular weight excluding hydrogens is 392 g/mol. The summed E-state index contributed by atoms with van der Waals surface area (Å²) in [5.41, 5.74) is -0.239. The van der Waals surface area contributed by atoms with Crippen molar-refractivity contribution in [3.05, 3.63) is 56.7 Å². The Labute approximate surface area is 133 Å². The summed E-state index contributed by atoms with van der Waals surface area (Å²) in [5.74, 6) is -0.730. The van der Waals surface area contributed by atoms with Gasteiger partial charge < -0.3 is 0 Å². The molecule has 0 heterocycles. The van der Waals surface area contributed by atoms with Crippen LogP contribution in [0, 0.1) is 5.82 Å². The molecule has 0 unspecified atom stereocenters. The van der Waals surface area contributed by atoms with E-state index in [1.807, 2.05) is 0 Å². The summed E-state index contributed by atoms with van der Waals surface area (Å²) in [6.07, 6.45) is 0. The summed E-state index contributed by atoms with van der Waals surface area (Å²) in [7, 11) is -4.00. The normalized spacial score (nSPS) is 11.4. The summed E-state index contributed by atoms with van der Waals surface area (Å²) >= 11 is 14.8. The first-order valence-corrected chi connectivity index (χ1v) is 8.26. The van der Waals surface area contributed by atoms with Crippen molar-refractivity contribution in [2.45, 2.75) is 4.90 Å². The van der Waals surface area contributed by atoms with Gasteiger partial charge >= 0.3 is 0 Å². The molecule has 0 fully saturated rings. The van der Waals surface area contributed by atoms with Crippen LogP contribution in [0.2, 0.25) is 10.0 Å². The second kappa shape index (κ2) is 5.89. The standard InChI is InChI=1S/C12H7BrCl2FNO2S/c13-7-1-4-12(9(15)5-7)20(18,19)17-11-6-8(14)2-3-10(11)16/h1-6,17H. The summed E-state index contributed by atoms with van der Waals surface area (Å²) in [4.78, 5) is -0.151. The van der Waals surface area contributed by atoms with Crippen LogP contribution in [0.1, 0.15) is 0 Å². The van der Waals surface area contributed by atoms with Crippen LogP contribution in [0.3, 0.4) is 0 Å². The van der Waals surface area contributed by atoms with Gasteiger partial charge in [-0.05, 0) is 36.4 Å². The minimum absolute atomic E-state index is 0.0225. The lowest BCUT2D eigenvalue weighted by Crippen LogP contribution is -2.14. The highest BCUT2D eigenvalue weighted by molar-refractivity contribution is 9.10. The number of hydrogen-bond donors (Lipinski definition) is 1. The minimum atomic E-state index is -4.00. The second-order valence-corrected chi connectivity index (χ2v) is 7.21. The molecule has 0 amide bonds. The predicted molar refractivity (Wildman–Crippen MR) is 81.4 cm³/mol. The first-order valence-electron chi connectivity index (χ1n) is 5.22. The molecule has 106 valence electrons. The fourth-order valence-corrected chi connectivity index (χ4v) is 3.74. The lowest BCUT2D eigenvalue weighted by Gasteiger charge is -2.10. The Kier molecular flexibility index (Phi) is 4.59. The van der Waals surface area contributed by atoms with E-state index in [0.717, 1.165) is 6.07 Å². The van der Waals surface area contributed by atoms with Gasteiger partial charge in [-0.25, -0.2) is 12.8 Å². The number of hydrogen-bond acceptors (Lipinski definition) is 2. The van der Waals surface area contributed by atoms with Crippen LogP contribution in [0.25, 0.3) is 0 Å². The third-order valence-corrected chi connectivity index (χ3v) is 4.93.